The summed E-state index contributed by atoms with van der Waals surface area (Å²) in [7, 11) is 0. The number of nitrogens with one attached hydrogen (secondary N) is 1. The molecular weight excluding hydrogens is 374 g/mol. The molecule has 0 unspecified atom stereocenters. The molecule has 1 aliphatic rings. The van der Waals surface area contributed by atoms with Crippen LogP contribution in [0.5, 0.6) is 0 Å². The number of thiophene rings is 1. The average Bonchev–Trinajstić information content (AvgIpc) is 3.22. The van der Waals surface area contributed by atoms with Gasteiger partial charge in [-0.2, -0.15) is 0 Å². The van der Waals surface area contributed by atoms with Crippen molar-refractivity contribution in [2.45, 2.75) is 25.4 Å². The Morgan fingerprint density at radius 3 is 2.74 bits per heavy atom. The molecule has 1 aromatic carbocycles. The van der Waals surface area contributed by atoms with Crippen LogP contribution in [0.1, 0.15) is 29.2 Å². The normalized spacial score (nSPS) is 13.7. The summed E-state index contributed by atoms with van der Waals surface area (Å²) in [5.41, 5.74) is -0.188. The Morgan fingerprint density at radius 2 is 2.07 bits per heavy atom. The Kier molecular flexibility index (Phi) is 4.61. The van der Waals surface area contributed by atoms with Crippen LogP contribution in [0.4, 0.5) is 8.78 Å². The van der Waals surface area contributed by atoms with Crippen LogP contribution in [0.25, 0.3) is 10.7 Å². The van der Waals surface area contributed by atoms with E-state index < -0.39 is 17.5 Å². The van der Waals surface area contributed by atoms with Gasteiger partial charge in [-0.1, -0.05) is 6.07 Å². The summed E-state index contributed by atoms with van der Waals surface area (Å²) in [5, 5.41) is 8.95. The number of hydrogen-bond donors (Lipinski definition) is 1. The Balaban J connectivity index is 1.47. The summed E-state index contributed by atoms with van der Waals surface area (Å²) in [6.45, 7) is 0.329. The lowest BCUT2D eigenvalue weighted by molar-refractivity contribution is 0.0951. The molecule has 1 fully saturated rings. The van der Waals surface area contributed by atoms with Gasteiger partial charge in [0.05, 0.1) is 11.4 Å². The molecule has 0 spiro atoms. The van der Waals surface area contributed by atoms with Crippen molar-refractivity contribution < 1.29 is 13.6 Å². The first-order valence-electron chi connectivity index (χ1n) is 8.51. The molecule has 0 bridgehead atoms. The first-order chi connectivity index (χ1) is 13.0. The van der Waals surface area contributed by atoms with Crippen molar-refractivity contribution in [1.29, 1.82) is 0 Å². The maximum atomic E-state index is 13.2. The molecule has 2 aromatic heterocycles. The molecule has 0 aliphatic heterocycles. The zero-order valence-corrected chi connectivity index (χ0v) is 15.0. The van der Waals surface area contributed by atoms with Gasteiger partial charge in [0, 0.05) is 18.2 Å². The van der Waals surface area contributed by atoms with E-state index >= 15 is 0 Å². The first-order valence-corrected chi connectivity index (χ1v) is 9.39. The van der Waals surface area contributed by atoms with Crippen LogP contribution in [-0.2, 0) is 6.54 Å². The van der Waals surface area contributed by atoms with Gasteiger partial charge in [0.25, 0.3) is 5.91 Å². The lowest BCUT2D eigenvalue weighted by Crippen LogP contribution is -2.32. The first kappa shape index (κ1) is 17.6. The molecule has 6 nitrogen and oxygen atoms in total. The molecule has 1 N–H and O–H groups in total. The second-order valence-corrected chi connectivity index (χ2v) is 7.24. The van der Waals surface area contributed by atoms with Crippen LogP contribution >= 0.6 is 11.3 Å². The number of benzene rings is 1. The van der Waals surface area contributed by atoms with E-state index in [1.54, 1.807) is 4.57 Å². The highest BCUT2D eigenvalue weighted by molar-refractivity contribution is 7.13. The third kappa shape index (κ3) is 3.55. The predicted octanol–water partition coefficient (Wildman–Crippen LogP) is 2.82. The number of rotatable bonds is 6. The molecule has 1 saturated carbocycles. The number of nitrogens with zero attached hydrogens (tertiary/aromatic N) is 3. The van der Waals surface area contributed by atoms with Crippen molar-refractivity contribution in [1.82, 2.24) is 19.7 Å². The van der Waals surface area contributed by atoms with Crippen molar-refractivity contribution in [3.8, 4) is 10.7 Å². The molecule has 0 atom stereocenters. The van der Waals surface area contributed by atoms with Crippen LogP contribution in [-0.4, -0.2) is 26.8 Å². The summed E-state index contributed by atoms with van der Waals surface area (Å²) in [6, 6.07) is 6.95. The highest BCUT2D eigenvalue weighted by Crippen LogP contribution is 2.37. The van der Waals surface area contributed by atoms with E-state index in [9.17, 15) is 18.4 Å². The molecular formula is C18H16F2N4O2S. The monoisotopic (exact) mass is 390 g/mol. The minimum Gasteiger partial charge on any atom is -0.350 e. The summed E-state index contributed by atoms with van der Waals surface area (Å²) >= 11 is 1.51. The number of amides is 1. The summed E-state index contributed by atoms with van der Waals surface area (Å²) in [5.74, 6) is -1.99. The minimum absolute atomic E-state index is 0.0176. The van der Waals surface area contributed by atoms with Gasteiger partial charge in [-0.05, 0) is 42.5 Å². The number of carbonyl (C=O) groups excluding carboxylic acids is 1. The van der Waals surface area contributed by atoms with E-state index in [1.165, 1.54) is 22.1 Å². The summed E-state index contributed by atoms with van der Waals surface area (Å²) in [6.07, 6.45) is 1.91. The maximum absolute atomic E-state index is 13.2. The molecule has 27 heavy (non-hydrogen) atoms. The smallest absolute Gasteiger partial charge is 0.346 e. The molecule has 140 valence electrons. The number of halogens is 2. The van der Waals surface area contributed by atoms with Crippen LogP contribution in [0.3, 0.4) is 0 Å². The second kappa shape index (κ2) is 7.07. The van der Waals surface area contributed by atoms with Crippen molar-refractivity contribution in [2.24, 2.45) is 0 Å². The molecule has 0 saturated heterocycles. The van der Waals surface area contributed by atoms with Crippen molar-refractivity contribution in [2.75, 3.05) is 6.54 Å². The van der Waals surface area contributed by atoms with Crippen LogP contribution in [0.2, 0.25) is 0 Å². The van der Waals surface area contributed by atoms with Gasteiger partial charge in [0.1, 0.15) is 0 Å². The zero-order valence-electron chi connectivity index (χ0n) is 14.2. The van der Waals surface area contributed by atoms with Crippen molar-refractivity contribution >= 4 is 17.2 Å². The summed E-state index contributed by atoms with van der Waals surface area (Å²) in [4.78, 5) is 25.6. The molecule has 2 heterocycles. The Hall–Kier alpha value is -2.81. The molecule has 1 amide bonds. The average molecular weight is 390 g/mol. The molecule has 9 heteroatoms. The third-order valence-corrected chi connectivity index (χ3v) is 5.18. The zero-order chi connectivity index (χ0) is 19.0. The van der Waals surface area contributed by atoms with Gasteiger partial charge in [-0.25, -0.2) is 18.3 Å². The number of aromatic nitrogens is 3. The third-order valence-electron chi connectivity index (χ3n) is 4.32. The number of carbonyl (C=O) groups is 1. The van der Waals surface area contributed by atoms with E-state index in [0.717, 1.165) is 29.9 Å². The Morgan fingerprint density at radius 1 is 1.26 bits per heavy atom. The molecule has 0 radical (unpaired) electrons. The van der Waals surface area contributed by atoms with Gasteiger partial charge >= 0.3 is 5.69 Å². The van der Waals surface area contributed by atoms with Gasteiger partial charge < -0.3 is 5.32 Å². The minimum atomic E-state index is -1.08. The number of hydrogen-bond acceptors (Lipinski definition) is 4. The highest BCUT2D eigenvalue weighted by Gasteiger charge is 2.30. The van der Waals surface area contributed by atoms with Crippen molar-refractivity contribution in [3.63, 3.8) is 0 Å². The fourth-order valence-electron chi connectivity index (χ4n) is 2.82. The fourth-order valence-corrected chi connectivity index (χ4v) is 3.52. The lowest BCUT2D eigenvalue weighted by atomic mass is 10.2. The van der Waals surface area contributed by atoms with Crippen molar-refractivity contribution in [3.05, 3.63) is 63.4 Å². The Labute approximate surface area is 157 Å². The van der Waals surface area contributed by atoms with Gasteiger partial charge in [-0.15, -0.1) is 16.4 Å². The van der Waals surface area contributed by atoms with E-state index in [4.69, 9.17) is 0 Å². The van der Waals surface area contributed by atoms with Crippen LogP contribution in [0.15, 0.2) is 40.5 Å². The molecule has 1 aliphatic carbocycles. The highest BCUT2D eigenvalue weighted by atomic mass is 32.1. The van der Waals surface area contributed by atoms with E-state index in [0.29, 0.717) is 5.82 Å². The standard InChI is InChI=1S/C18H16F2N4O2S/c19-13-6-3-11(10-14(13)20)17(25)21-7-8-23-18(26)24(12-4-5-12)16(22-23)15-2-1-9-27-15/h1-3,6,9-10,12H,4-5,7-8H2,(H,21,25). The van der Waals surface area contributed by atoms with E-state index in [1.807, 2.05) is 17.5 Å². The van der Waals surface area contributed by atoms with Crippen LogP contribution < -0.4 is 11.0 Å². The van der Waals surface area contributed by atoms with Gasteiger partial charge in [0.15, 0.2) is 17.5 Å². The SMILES string of the molecule is O=C(NCCn1nc(-c2cccs2)n(C2CC2)c1=O)c1ccc(F)c(F)c1. The fraction of sp³-hybridized carbons (Fsp3) is 0.278. The maximum Gasteiger partial charge on any atom is 0.346 e. The summed E-state index contributed by atoms with van der Waals surface area (Å²) < 4.78 is 29.2. The second-order valence-electron chi connectivity index (χ2n) is 6.29. The quantitative estimate of drug-likeness (QED) is 0.704. The topological polar surface area (TPSA) is 68.9 Å². The Bertz CT molecular complexity index is 1040. The van der Waals surface area contributed by atoms with Gasteiger partial charge in [0.2, 0.25) is 0 Å². The largest absolute Gasteiger partial charge is 0.350 e. The van der Waals surface area contributed by atoms with Crippen LogP contribution in [0, 0.1) is 11.6 Å². The molecule has 4 rings (SSSR count). The van der Waals surface area contributed by atoms with E-state index in [-0.39, 0.29) is 30.4 Å². The lowest BCUT2D eigenvalue weighted by Gasteiger charge is -2.05. The predicted molar refractivity (Wildman–Crippen MR) is 96.8 cm³/mol. The van der Waals surface area contributed by atoms with E-state index in [2.05, 4.69) is 10.4 Å². The molecule has 3 aromatic rings. The van der Waals surface area contributed by atoms with Gasteiger partial charge in [-0.3, -0.25) is 9.36 Å².